The van der Waals surface area contributed by atoms with E-state index in [1.54, 1.807) is 4.90 Å². The Labute approximate surface area is 91.8 Å². The molecular formula is C11H20N3O. The van der Waals surface area contributed by atoms with Gasteiger partial charge in [0.1, 0.15) is 0 Å². The van der Waals surface area contributed by atoms with Crippen molar-refractivity contribution in [1.29, 1.82) is 0 Å². The second-order valence-electron chi connectivity index (χ2n) is 4.65. The molecule has 0 saturated carbocycles. The number of nitrogens with zero attached hydrogens (tertiary/aromatic N) is 3. The largest absolute Gasteiger partial charge is 0.332 e. The highest BCUT2D eigenvalue weighted by molar-refractivity contribution is 5.48. The fourth-order valence-corrected chi connectivity index (χ4v) is 2.54. The average Bonchev–Trinajstić information content (AvgIpc) is 2.30. The number of rotatable bonds is 2. The molecule has 0 unspecified atom stereocenters. The molecule has 2 heterocycles. The van der Waals surface area contributed by atoms with Crippen LogP contribution in [0.2, 0.25) is 0 Å². The smallest absolute Gasteiger partial charge is 0.312 e. The average molecular weight is 210 g/mol. The normalized spacial score (nSPS) is 26.9. The van der Waals surface area contributed by atoms with Crippen molar-refractivity contribution in [1.82, 2.24) is 14.7 Å². The van der Waals surface area contributed by atoms with E-state index in [4.69, 9.17) is 0 Å². The minimum Gasteiger partial charge on any atom is -0.332 e. The third-order valence-electron chi connectivity index (χ3n) is 3.65. The number of likely N-dealkylation sites (tertiary alicyclic amines) is 1. The molecule has 1 amide bonds. The van der Waals surface area contributed by atoms with Crippen LogP contribution in [0.5, 0.6) is 0 Å². The van der Waals surface area contributed by atoms with E-state index in [1.807, 2.05) is 6.41 Å². The summed E-state index contributed by atoms with van der Waals surface area (Å²) in [4.78, 5) is 17.2. The van der Waals surface area contributed by atoms with Crippen LogP contribution in [-0.2, 0) is 4.79 Å². The van der Waals surface area contributed by atoms with Gasteiger partial charge in [-0.05, 0) is 33.0 Å². The molecule has 15 heavy (non-hydrogen) atoms. The number of piperazine rings is 1. The van der Waals surface area contributed by atoms with E-state index in [0.717, 1.165) is 32.2 Å². The lowest BCUT2D eigenvalue weighted by Crippen LogP contribution is -2.52. The van der Waals surface area contributed by atoms with Crippen molar-refractivity contribution in [2.45, 2.75) is 18.9 Å². The molecule has 4 heteroatoms. The first kappa shape index (κ1) is 10.9. The minimum absolute atomic E-state index is 0.745. The molecule has 4 nitrogen and oxygen atoms in total. The van der Waals surface area contributed by atoms with E-state index in [9.17, 15) is 4.79 Å². The molecule has 0 bridgehead atoms. The van der Waals surface area contributed by atoms with Gasteiger partial charge in [-0.3, -0.25) is 9.69 Å². The predicted molar refractivity (Wildman–Crippen MR) is 59.4 cm³/mol. The maximum atomic E-state index is 10.5. The van der Waals surface area contributed by atoms with Gasteiger partial charge in [-0.1, -0.05) is 0 Å². The van der Waals surface area contributed by atoms with Crippen LogP contribution in [0.3, 0.4) is 0 Å². The molecule has 0 atom stereocenters. The van der Waals surface area contributed by atoms with Crippen LogP contribution >= 0.6 is 0 Å². The zero-order valence-corrected chi connectivity index (χ0v) is 9.48. The van der Waals surface area contributed by atoms with E-state index < -0.39 is 0 Å². The van der Waals surface area contributed by atoms with Crippen molar-refractivity contribution in [3.63, 3.8) is 0 Å². The fraction of sp³-hybridized carbons (Fsp3) is 0.909. The van der Waals surface area contributed by atoms with E-state index in [1.165, 1.54) is 25.9 Å². The van der Waals surface area contributed by atoms with Crippen LogP contribution in [0.15, 0.2) is 0 Å². The number of hydrogen-bond donors (Lipinski definition) is 0. The summed E-state index contributed by atoms with van der Waals surface area (Å²) in [6, 6.07) is 0.745. The Morgan fingerprint density at radius 3 is 2.13 bits per heavy atom. The minimum atomic E-state index is 0.745. The third kappa shape index (κ3) is 2.69. The van der Waals surface area contributed by atoms with Crippen LogP contribution in [0.4, 0.5) is 0 Å². The summed E-state index contributed by atoms with van der Waals surface area (Å²) in [6.45, 7) is 6.20. The summed E-state index contributed by atoms with van der Waals surface area (Å²) in [5.41, 5.74) is 0. The molecule has 0 aliphatic carbocycles. The number of amides is 1. The quantitative estimate of drug-likeness (QED) is 0.630. The highest BCUT2D eigenvalue weighted by atomic mass is 16.1. The van der Waals surface area contributed by atoms with Crippen LogP contribution in [-0.4, -0.2) is 73.5 Å². The summed E-state index contributed by atoms with van der Waals surface area (Å²) in [5.74, 6) is 0. The van der Waals surface area contributed by atoms with Crippen molar-refractivity contribution >= 4 is 6.41 Å². The first-order valence-electron chi connectivity index (χ1n) is 5.85. The molecule has 2 aliphatic heterocycles. The summed E-state index contributed by atoms with van der Waals surface area (Å²) in [5, 5.41) is 0. The standard InChI is InChI=1S/C11H20N3O/c1-12-4-2-11(3-5-12)14-8-6-13(10-15)7-9-14/h11H,2-9H2,1H3. The van der Waals surface area contributed by atoms with E-state index in [2.05, 4.69) is 16.8 Å². The molecule has 0 aromatic heterocycles. The van der Waals surface area contributed by atoms with Crippen LogP contribution in [0.25, 0.3) is 0 Å². The molecule has 0 aromatic rings. The topological polar surface area (TPSA) is 26.8 Å². The van der Waals surface area contributed by atoms with Gasteiger partial charge in [-0.15, -0.1) is 0 Å². The molecule has 0 aromatic carbocycles. The molecule has 85 valence electrons. The summed E-state index contributed by atoms with van der Waals surface area (Å²) >= 11 is 0. The van der Waals surface area contributed by atoms with Gasteiger partial charge in [-0.2, -0.15) is 0 Å². The summed E-state index contributed by atoms with van der Waals surface area (Å²) < 4.78 is 0. The molecule has 0 spiro atoms. The highest BCUT2D eigenvalue weighted by Gasteiger charge is 2.25. The zero-order valence-electron chi connectivity index (χ0n) is 9.48. The van der Waals surface area contributed by atoms with Gasteiger partial charge in [0.15, 0.2) is 0 Å². The SMILES string of the molecule is CN1CCC(N2CCN([C]=O)CC2)CC1. The second kappa shape index (κ2) is 4.94. The second-order valence-corrected chi connectivity index (χ2v) is 4.65. The Morgan fingerprint density at radius 2 is 1.60 bits per heavy atom. The number of hydrogen-bond acceptors (Lipinski definition) is 3. The fourth-order valence-electron chi connectivity index (χ4n) is 2.54. The molecular weight excluding hydrogens is 190 g/mol. The lowest BCUT2D eigenvalue weighted by atomic mass is 10.0. The van der Waals surface area contributed by atoms with Crippen molar-refractivity contribution in [2.24, 2.45) is 0 Å². The Balaban J connectivity index is 1.78. The van der Waals surface area contributed by atoms with Crippen molar-refractivity contribution in [3.8, 4) is 0 Å². The van der Waals surface area contributed by atoms with Gasteiger partial charge in [0.25, 0.3) is 0 Å². The Hall–Kier alpha value is -0.610. The van der Waals surface area contributed by atoms with E-state index in [-0.39, 0.29) is 0 Å². The van der Waals surface area contributed by atoms with Crippen molar-refractivity contribution in [3.05, 3.63) is 0 Å². The number of piperidine rings is 1. The Morgan fingerprint density at radius 1 is 1.00 bits per heavy atom. The highest BCUT2D eigenvalue weighted by Crippen LogP contribution is 2.16. The van der Waals surface area contributed by atoms with Gasteiger partial charge in [0.05, 0.1) is 0 Å². The van der Waals surface area contributed by atoms with Crippen molar-refractivity contribution < 1.29 is 4.79 Å². The van der Waals surface area contributed by atoms with Crippen LogP contribution in [0.1, 0.15) is 12.8 Å². The molecule has 2 fully saturated rings. The number of carbonyl (C=O) groups excluding carboxylic acids is 1. The Bertz CT molecular complexity index is 206. The molecule has 2 aliphatic rings. The molecule has 2 rings (SSSR count). The molecule has 2 saturated heterocycles. The van der Waals surface area contributed by atoms with Gasteiger partial charge in [-0.25, -0.2) is 0 Å². The lowest BCUT2D eigenvalue weighted by molar-refractivity contribution is 0.0853. The van der Waals surface area contributed by atoms with Crippen LogP contribution < -0.4 is 0 Å². The van der Waals surface area contributed by atoms with Gasteiger partial charge < -0.3 is 9.80 Å². The van der Waals surface area contributed by atoms with E-state index >= 15 is 0 Å². The van der Waals surface area contributed by atoms with Crippen molar-refractivity contribution in [2.75, 3.05) is 46.3 Å². The maximum Gasteiger partial charge on any atom is 0.312 e. The molecule has 0 N–H and O–H groups in total. The van der Waals surface area contributed by atoms with Crippen LogP contribution in [0, 0.1) is 0 Å². The summed E-state index contributed by atoms with van der Waals surface area (Å²) in [6.07, 6.45) is 4.54. The molecule has 1 radical (unpaired) electrons. The first-order chi connectivity index (χ1) is 7.29. The predicted octanol–water partition coefficient (Wildman–Crippen LogP) is -0.235. The first-order valence-corrected chi connectivity index (χ1v) is 5.85. The third-order valence-corrected chi connectivity index (χ3v) is 3.65. The zero-order chi connectivity index (χ0) is 10.7. The van der Waals surface area contributed by atoms with E-state index in [0.29, 0.717) is 0 Å². The lowest BCUT2D eigenvalue weighted by Gasteiger charge is -2.41. The van der Waals surface area contributed by atoms with Gasteiger partial charge >= 0.3 is 6.41 Å². The Kier molecular flexibility index (Phi) is 3.59. The monoisotopic (exact) mass is 210 g/mol. The van der Waals surface area contributed by atoms with Gasteiger partial charge in [0.2, 0.25) is 0 Å². The maximum absolute atomic E-state index is 10.5. The van der Waals surface area contributed by atoms with Gasteiger partial charge in [0, 0.05) is 32.2 Å². The summed E-state index contributed by atoms with van der Waals surface area (Å²) in [7, 11) is 2.19.